The number of pyridine rings is 2. The molecule has 0 spiro atoms. The molecule has 0 saturated carbocycles. The summed E-state index contributed by atoms with van der Waals surface area (Å²) in [5, 5.41) is 2.86. The average Bonchev–Trinajstić information content (AvgIpc) is 2.85. The molecule has 2 aromatic heterocycles. The Labute approximate surface area is 206 Å². The molecule has 6 heteroatoms. The van der Waals surface area contributed by atoms with E-state index in [2.05, 4.69) is 29.4 Å². The van der Waals surface area contributed by atoms with Crippen molar-refractivity contribution < 1.29 is 9.18 Å². The van der Waals surface area contributed by atoms with Gasteiger partial charge >= 0.3 is 0 Å². The average molecular weight is 476 g/mol. The number of aryl methyl sites for hydroxylation is 2. The fraction of sp³-hybridized carbons (Fsp3) is 0.345. The zero-order valence-electron chi connectivity index (χ0n) is 20.8. The van der Waals surface area contributed by atoms with Gasteiger partial charge in [-0.05, 0) is 86.6 Å². The van der Waals surface area contributed by atoms with Gasteiger partial charge in [0.2, 0.25) is 0 Å². The van der Waals surface area contributed by atoms with E-state index in [1.807, 2.05) is 19.2 Å². The molecule has 35 heavy (non-hydrogen) atoms. The molecule has 0 bridgehead atoms. The van der Waals surface area contributed by atoms with Gasteiger partial charge in [0.15, 0.2) is 0 Å². The van der Waals surface area contributed by atoms with Crippen LogP contribution in [-0.4, -0.2) is 22.0 Å². The maximum atomic E-state index is 13.8. The third-order valence-electron chi connectivity index (χ3n) is 6.21. The van der Waals surface area contributed by atoms with Crippen molar-refractivity contribution in [3.8, 4) is 0 Å². The number of benzene rings is 1. The predicted octanol–water partition coefficient (Wildman–Crippen LogP) is 5.83. The van der Waals surface area contributed by atoms with Crippen LogP contribution in [0.1, 0.15) is 71.8 Å². The van der Waals surface area contributed by atoms with E-state index in [1.54, 1.807) is 31.3 Å². The maximum Gasteiger partial charge on any atom is 0.263 e. The second-order valence-electron chi connectivity index (χ2n) is 8.81. The fourth-order valence-corrected chi connectivity index (χ4v) is 4.11. The van der Waals surface area contributed by atoms with Crippen LogP contribution >= 0.6 is 0 Å². The highest BCUT2D eigenvalue weighted by molar-refractivity contribution is 5.93. The van der Waals surface area contributed by atoms with Crippen LogP contribution in [0.3, 0.4) is 0 Å². The number of halogens is 1. The number of amides is 1. The number of carbonyl (C=O) groups excluding carboxylic acids is 1. The quantitative estimate of drug-likeness (QED) is 0.355. The number of allylic oxidation sites excluding steroid dienone is 2. The molecule has 0 aliphatic heterocycles. The lowest BCUT2D eigenvalue weighted by Crippen LogP contribution is -2.33. The molecule has 184 valence electrons. The van der Waals surface area contributed by atoms with Gasteiger partial charge < -0.3 is 9.88 Å². The topological polar surface area (TPSA) is 64.0 Å². The van der Waals surface area contributed by atoms with Crippen LogP contribution in [0.5, 0.6) is 0 Å². The molecule has 3 aromatic rings. The molecule has 3 rings (SSSR count). The lowest BCUT2D eigenvalue weighted by Gasteiger charge is -2.10. The Hall–Kier alpha value is -3.54. The molecule has 0 aliphatic rings. The molecule has 5 nitrogen and oxygen atoms in total. The highest BCUT2D eigenvalue weighted by atomic mass is 19.1. The summed E-state index contributed by atoms with van der Waals surface area (Å²) >= 11 is 0. The predicted molar refractivity (Wildman–Crippen MR) is 139 cm³/mol. The molecule has 1 aromatic carbocycles. The first-order valence-corrected chi connectivity index (χ1v) is 12.2. The molecule has 1 amide bonds. The number of nitrogens with zero attached hydrogens (tertiary/aromatic N) is 2. The van der Waals surface area contributed by atoms with E-state index in [-0.39, 0.29) is 29.4 Å². The number of nitrogens with one attached hydrogen (secondary N) is 1. The first-order chi connectivity index (χ1) is 16.9. The number of rotatable bonds is 11. The van der Waals surface area contributed by atoms with E-state index < -0.39 is 0 Å². The number of unbranched alkanes of at least 4 members (excludes halogenated alkanes) is 3. The number of aromatic nitrogens is 2. The summed E-state index contributed by atoms with van der Waals surface area (Å²) < 4.78 is 15.3. The van der Waals surface area contributed by atoms with Crippen molar-refractivity contribution in [3.63, 3.8) is 0 Å². The summed E-state index contributed by atoms with van der Waals surface area (Å²) in [7, 11) is 0. The molecular formula is C29H34FN3O2. The van der Waals surface area contributed by atoms with Crippen molar-refractivity contribution in [1.29, 1.82) is 0 Å². The Kier molecular flexibility index (Phi) is 9.53. The largest absolute Gasteiger partial charge is 0.352 e. The Bertz CT molecular complexity index is 1250. The van der Waals surface area contributed by atoms with Gasteiger partial charge in [-0.15, -0.1) is 0 Å². The smallest absolute Gasteiger partial charge is 0.263 e. The summed E-state index contributed by atoms with van der Waals surface area (Å²) in [5.74, 6) is -0.679. The summed E-state index contributed by atoms with van der Waals surface area (Å²) in [6.45, 7) is 6.52. The van der Waals surface area contributed by atoms with E-state index in [4.69, 9.17) is 0 Å². The SMILES string of the molecule is C/C=C(/CCCCCCNC(=O)c1cccn(Cc2ccc(C)c(F)c2)c1=O)c1cccnc1C. The first-order valence-electron chi connectivity index (χ1n) is 12.2. The normalized spacial score (nSPS) is 11.5. The molecule has 0 aliphatic carbocycles. The van der Waals surface area contributed by atoms with E-state index >= 15 is 0 Å². The van der Waals surface area contributed by atoms with E-state index in [1.165, 1.54) is 27.8 Å². The van der Waals surface area contributed by atoms with Crippen molar-refractivity contribution in [1.82, 2.24) is 14.9 Å². The second-order valence-corrected chi connectivity index (χ2v) is 8.81. The third-order valence-corrected chi connectivity index (χ3v) is 6.21. The Morgan fingerprint density at radius 3 is 2.57 bits per heavy atom. The summed E-state index contributed by atoms with van der Waals surface area (Å²) in [4.78, 5) is 29.7. The lowest BCUT2D eigenvalue weighted by atomic mass is 9.98. The summed E-state index contributed by atoms with van der Waals surface area (Å²) in [6, 6.07) is 12.2. The molecule has 0 radical (unpaired) electrons. The van der Waals surface area contributed by atoms with E-state index in [9.17, 15) is 14.0 Å². The van der Waals surface area contributed by atoms with Crippen LogP contribution in [-0.2, 0) is 6.54 Å². The van der Waals surface area contributed by atoms with Gasteiger partial charge in [0, 0.05) is 24.6 Å². The summed E-state index contributed by atoms with van der Waals surface area (Å²) in [6.07, 6.45) is 10.6. The van der Waals surface area contributed by atoms with Crippen molar-refractivity contribution in [2.75, 3.05) is 6.54 Å². The molecular weight excluding hydrogens is 441 g/mol. The zero-order valence-corrected chi connectivity index (χ0v) is 20.8. The Balaban J connectivity index is 1.43. The van der Waals surface area contributed by atoms with Gasteiger partial charge in [0.1, 0.15) is 11.4 Å². The molecule has 0 fully saturated rings. The van der Waals surface area contributed by atoms with Gasteiger partial charge in [-0.25, -0.2) is 4.39 Å². The fourth-order valence-electron chi connectivity index (χ4n) is 4.11. The van der Waals surface area contributed by atoms with Crippen LogP contribution in [0.25, 0.3) is 5.57 Å². The van der Waals surface area contributed by atoms with Gasteiger partial charge in [-0.2, -0.15) is 0 Å². The minimum absolute atomic E-state index is 0.102. The van der Waals surface area contributed by atoms with Crippen LogP contribution in [0.15, 0.2) is 65.7 Å². The number of hydrogen-bond donors (Lipinski definition) is 1. The molecule has 2 heterocycles. The van der Waals surface area contributed by atoms with Crippen molar-refractivity contribution in [2.24, 2.45) is 0 Å². The van der Waals surface area contributed by atoms with Gasteiger partial charge in [-0.3, -0.25) is 14.6 Å². The second kappa shape index (κ2) is 12.8. The third kappa shape index (κ3) is 7.22. The molecule has 0 atom stereocenters. The van der Waals surface area contributed by atoms with Crippen LogP contribution < -0.4 is 10.9 Å². The molecule has 0 saturated heterocycles. The van der Waals surface area contributed by atoms with Gasteiger partial charge in [0.25, 0.3) is 11.5 Å². The minimum atomic E-state index is -0.379. The molecule has 0 unspecified atom stereocenters. The number of hydrogen-bond acceptors (Lipinski definition) is 3. The van der Waals surface area contributed by atoms with Crippen molar-refractivity contribution in [2.45, 2.75) is 59.4 Å². The van der Waals surface area contributed by atoms with Crippen LogP contribution in [0, 0.1) is 19.7 Å². The van der Waals surface area contributed by atoms with E-state index in [0.29, 0.717) is 17.7 Å². The van der Waals surface area contributed by atoms with E-state index in [0.717, 1.165) is 37.8 Å². The monoisotopic (exact) mass is 475 g/mol. The Morgan fingerprint density at radius 2 is 1.83 bits per heavy atom. The molecule has 1 N–H and O–H groups in total. The van der Waals surface area contributed by atoms with Gasteiger partial charge in [-0.1, -0.05) is 37.1 Å². The highest BCUT2D eigenvalue weighted by Crippen LogP contribution is 2.23. The van der Waals surface area contributed by atoms with Gasteiger partial charge in [0.05, 0.1) is 6.54 Å². The standard InChI is InChI=1S/C29H34FN3O2/c1-4-24(25-12-9-17-31-22(25)3)11-7-5-6-8-16-32-28(34)26-13-10-18-33(29(26)35)20-23-15-14-21(2)27(30)19-23/h4,9-10,12-15,17-19H,5-8,11,16,20H2,1-3H3,(H,32,34)/b24-4-. The summed E-state index contributed by atoms with van der Waals surface area (Å²) in [5.41, 5.74) is 4.53. The highest BCUT2D eigenvalue weighted by Gasteiger charge is 2.12. The maximum absolute atomic E-state index is 13.8. The van der Waals surface area contributed by atoms with Crippen molar-refractivity contribution >= 4 is 11.5 Å². The minimum Gasteiger partial charge on any atom is -0.352 e. The first kappa shape index (κ1) is 26.1. The zero-order chi connectivity index (χ0) is 25.2. The van der Waals surface area contributed by atoms with Crippen molar-refractivity contribution in [3.05, 3.63) is 105 Å². The Morgan fingerprint density at radius 1 is 1.06 bits per heavy atom. The van der Waals surface area contributed by atoms with Crippen LogP contribution in [0.2, 0.25) is 0 Å². The number of carbonyl (C=O) groups is 1. The lowest BCUT2D eigenvalue weighted by molar-refractivity contribution is 0.0951. The van der Waals surface area contributed by atoms with Crippen LogP contribution in [0.4, 0.5) is 4.39 Å².